The largest absolute Gasteiger partial charge is 0.496 e. The molecule has 5 heteroatoms. The van der Waals surface area contributed by atoms with Crippen LogP contribution in [0.2, 0.25) is 5.02 Å². The summed E-state index contributed by atoms with van der Waals surface area (Å²) < 4.78 is 6.78. The van der Waals surface area contributed by atoms with E-state index in [4.69, 9.17) is 16.3 Å². The van der Waals surface area contributed by atoms with Crippen molar-refractivity contribution in [3.8, 4) is 11.4 Å². The molecule has 3 rings (SSSR count). The summed E-state index contributed by atoms with van der Waals surface area (Å²) >= 11 is 6.04. The molecule has 3 aromatic rings. The molecule has 0 bridgehead atoms. The second-order valence-electron chi connectivity index (χ2n) is 5.01. The van der Waals surface area contributed by atoms with Crippen molar-refractivity contribution < 1.29 is 4.74 Å². The lowest BCUT2D eigenvalue weighted by atomic mass is 10.1. The van der Waals surface area contributed by atoms with Gasteiger partial charge >= 0.3 is 0 Å². The molecular formula is C18H15ClN2O2. The summed E-state index contributed by atoms with van der Waals surface area (Å²) in [4.78, 5) is 12.7. The maximum absolute atomic E-state index is 12.7. The Morgan fingerprint density at radius 2 is 1.96 bits per heavy atom. The molecule has 2 aromatic carbocycles. The molecule has 0 aliphatic carbocycles. The highest BCUT2D eigenvalue weighted by molar-refractivity contribution is 6.30. The van der Waals surface area contributed by atoms with Crippen LogP contribution in [0.15, 0.2) is 53.3 Å². The summed E-state index contributed by atoms with van der Waals surface area (Å²) in [6.07, 6.45) is 1.73. The van der Waals surface area contributed by atoms with Gasteiger partial charge in [0, 0.05) is 10.6 Å². The first kappa shape index (κ1) is 15.2. The van der Waals surface area contributed by atoms with Crippen molar-refractivity contribution >= 4 is 24.3 Å². The van der Waals surface area contributed by atoms with Gasteiger partial charge < -0.3 is 4.74 Å². The van der Waals surface area contributed by atoms with Gasteiger partial charge in [0.1, 0.15) is 5.75 Å². The Hall–Kier alpha value is -2.72. The molecule has 0 atom stereocenters. The zero-order valence-electron chi connectivity index (χ0n) is 12.5. The number of aromatic amines is 1. The number of nitrogens with zero attached hydrogens (tertiary/aromatic N) is 1. The molecule has 0 saturated carbocycles. The van der Waals surface area contributed by atoms with Gasteiger partial charge in [-0.15, -0.1) is 0 Å². The SMILES string of the molecule is C=c1[nH]n(-c2ccccc2)c(=O)/c1=C\c1cc(Cl)ccc1OC. The van der Waals surface area contributed by atoms with Gasteiger partial charge in [0.25, 0.3) is 5.56 Å². The van der Waals surface area contributed by atoms with Gasteiger partial charge in [-0.2, -0.15) is 0 Å². The van der Waals surface area contributed by atoms with Crippen molar-refractivity contribution in [3.05, 3.63) is 80.0 Å². The van der Waals surface area contributed by atoms with Crippen molar-refractivity contribution in [1.29, 1.82) is 0 Å². The summed E-state index contributed by atoms with van der Waals surface area (Å²) in [5.41, 5.74) is 1.30. The van der Waals surface area contributed by atoms with E-state index < -0.39 is 0 Å². The molecule has 0 fully saturated rings. The van der Waals surface area contributed by atoms with Crippen molar-refractivity contribution in [2.75, 3.05) is 7.11 Å². The van der Waals surface area contributed by atoms with Crippen LogP contribution in [0.25, 0.3) is 18.3 Å². The van der Waals surface area contributed by atoms with Gasteiger partial charge in [-0.3, -0.25) is 9.89 Å². The van der Waals surface area contributed by atoms with Crippen LogP contribution >= 0.6 is 11.6 Å². The monoisotopic (exact) mass is 326 g/mol. The summed E-state index contributed by atoms with van der Waals surface area (Å²) in [6, 6.07) is 14.6. The minimum absolute atomic E-state index is 0.178. The average molecular weight is 327 g/mol. The van der Waals surface area contributed by atoms with Crippen LogP contribution in [0, 0.1) is 0 Å². The Morgan fingerprint density at radius 3 is 2.65 bits per heavy atom. The second-order valence-corrected chi connectivity index (χ2v) is 5.45. The normalized spacial score (nSPS) is 11.7. The van der Waals surface area contributed by atoms with Gasteiger partial charge in [-0.05, 0) is 36.4 Å². The lowest BCUT2D eigenvalue weighted by molar-refractivity contribution is 0.414. The van der Waals surface area contributed by atoms with E-state index >= 15 is 0 Å². The van der Waals surface area contributed by atoms with E-state index in [1.807, 2.05) is 30.3 Å². The summed E-state index contributed by atoms with van der Waals surface area (Å²) in [5, 5.41) is 4.56. The maximum atomic E-state index is 12.7. The Balaban J connectivity index is 2.23. The lowest BCUT2D eigenvalue weighted by Gasteiger charge is -2.04. The third-order valence-electron chi connectivity index (χ3n) is 3.51. The van der Waals surface area contributed by atoms with Crippen LogP contribution in [-0.2, 0) is 0 Å². The third kappa shape index (κ3) is 2.94. The van der Waals surface area contributed by atoms with Crippen LogP contribution in [-0.4, -0.2) is 16.9 Å². The molecule has 4 nitrogen and oxygen atoms in total. The average Bonchev–Trinajstić information content (AvgIpc) is 2.84. The zero-order valence-corrected chi connectivity index (χ0v) is 13.3. The Morgan fingerprint density at radius 1 is 1.22 bits per heavy atom. The number of hydrogen-bond donors (Lipinski definition) is 1. The Labute approximate surface area is 137 Å². The summed E-state index contributed by atoms with van der Waals surface area (Å²) in [5.74, 6) is 0.640. The smallest absolute Gasteiger partial charge is 0.279 e. The number of hydrogen-bond acceptors (Lipinski definition) is 2. The molecule has 0 spiro atoms. The molecule has 0 amide bonds. The molecule has 0 saturated heterocycles. The fraction of sp³-hybridized carbons (Fsp3) is 0.0556. The highest BCUT2D eigenvalue weighted by Crippen LogP contribution is 2.22. The van der Waals surface area contributed by atoms with Crippen LogP contribution in [0.4, 0.5) is 0 Å². The first-order valence-electron chi connectivity index (χ1n) is 7.01. The molecule has 1 aromatic heterocycles. The van der Waals surface area contributed by atoms with E-state index in [1.54, 1.807) is 31.4 Å². The molecule has 23 heavy (non-hydrogen) atoms. The minimum atomic E-state index is -0.178. The molecule has 0 radical (unpaired) electrons. The molecule has 1 heterocycles. The van der Waals surface area contributed by atoms with Crippen molar-refractivity contribution in [3.63, 3.8) is 0 Å². The number of halogens is 1. The van der Waals surface area contributed by atoms with E-state index in [1.165, 1.54) is 4.68 Å². The summed E-state index contributed by atoms with van der Waals surface area (Å²) in [7, 11) is 1.57. The first-order valence-corrected chi connectivity index (χ1v) is 7.38. The molecule has 116 valence electrons. The number of aromatic nitrogens is 2. The quantitative estimate of drug-likeness (QED) is 0.801. The molecule has 0 aliphatic rings. The first-order chi connectivity index (χ1) is 11.1. The lowest BCUT2D eigenvalue weighted by Crippen LogP contribution is -2.34. The van der Waals surface area contributed by atoms with Gasteiger partial charge in [-0.25, -0.2) is 4.68 Å². The molecular weight excluding hydrogens is 312 g/mol. The molecule has 0 unspecified atom stereocenters. The predicted octanol–water partition coefficient (Wildman–Crippen LogP) is 2.07. The van der Waals surface area contributed by atoms with Crippen molar-refractivity contribution in [2.45, 2.75) is 0 Å². The maximum Gasteiger partial charge on any atom is 0.279 e. The minimum Gasteiger partial charge on any atom is -0.496 e. The van der Waals surface area contributed by atoms with Gasteiger partial charge in [0.05, 0.1) is 23.4 Å². The van der Waals surface area contributed by atoms with E-state index in [2.05, 4.69) is 11.7 Å². The van der Waals surface area contributed by atoms with Crippen LogP contribution in [0.1, 0.15) is 5.56 Å². The number of nitrogens with one attached hydrogen (secondary N) is 1. The van der Waals surface area contributed by atoms with E-state index in [0.29, 0.717) is 21.3 Å². The third-order valence-corrected chi connectivity index (χ3v) is 3.75. The van der Waals surface area contributed by atoms with Crippen LogP contribution in [0.3, 0.4) is 0 Å². The number of ether oxygens (including phenoxy) is 1. The highest BCUT2D eigenvalue weighted by atomic mass is 35.5. The number of rotatable bonds is 3. The van der Waals surface area contributed by atoms with Gasteiger partial charge in [0.15, 0.2) is 0 Å². The number of H-pyrrole nitrogens is 1. The number of para-hydroxylation sites is 1. The highest BCUT2D eigenvalue weighted by Gasteiger charge is 2.06. The van der Waals surface area contributed by atoms with Crippen molar-refractivity contribution in [2.24, 2.45) is 0 Å². The Kier molecular flexibility index (Phi) is 4.08. The van der Waals surface area contributed by atoms with E-state index in [-0.39, 0.29) is 5.56 Å². The second kappa shape index (κ2) is 6.18. The van der Waals surface area contributed by atoms with Crippen LogP contribution < -0.4 is 20.9 Å². The Bertz CT molecular complexity index is 1000. The van der Waals surface area contributed by atoms with Gasteiger partial charge in [-0.1, -0.05) is 36.4 Å². The topological polar surface area (TPSA) is 47.0 Å². The fourth-order valence-electron chi connectivity index (χ4n) is 2.38. The fourth-order valence-corrected chi connectivity index (χ4v) is 2.56. The zero-order chi connectivity index (χ0) is 16.4. The summed E-state index contributed by atoms with van der Waals surface area (Å²) in [6.45, 7) is 3.92. The van der Waals surface area contributed by atoms with E-state index in [9.17, 15) is 4.79 Å². The molecule has 1 N–H and O–H groups in total. The van der Waals surface area contributed by atoms with Crippen LogP contribution in [0.5, 0.6) is 5.75 Å². The number of benzene rings is 2. The standard InChI is InChI=1S/C18H15ClN2O2/c1-12-16(11-13-10-14(19)8-9-17(13)23-2)18(22)21(20-12)15-6-4-3-5-7-15/h3-11,20H,1H2,2H3/b16-11-. The van der Waals surface area contributed by atoms with Gasteiger partial charge in [0.2, 0.25) is 0 Å². The predicted molar refractivity (Wildman–Crippen MR) is 92.7 cm³/mol. The van der Waals surface area contributed by atoms with E-state index in [0.717, 1.165) is 11.3 Å². The molecule has 0 aliphatic heterocycles. The van der Waals surface area contributed by atoms with Crippen molar-refractivity contribution in [1.82, 2.24) is 9.78 Å². The number of methoxy groups -OCH3 is 1.